The number of rotatable bonds is 7. The van der Waals surface area contributed by atoms with Crippen LogP contribution in [0.5, 0.6) is 5.75 Å². The van der Waals surface area contributed by atoms with Gasteiger partial charge in [-0.2, -0.15) is 8.78 Å². The van der Waals surface area contributed by atoms with E-state index in [1.54, 1.807) is 36.0 Å². The molecule has 3 rings (SSSR count). The Labute approximate surface area is 160 Å². The van der Waals surface area contributed by atoms with Gasteiger partial charge in [0.15, 0.2) is 0 Å². The smallest absolute Gasteiger partial charge is 0.387 e. The number of carbonyl (C=O) groups excluding carboxylic acids is 1. The van der Waals surface area contributed by atoms with E-state index in [0.717, 1.165) is 11.3 Å². The molecule has 3 aromatic carbocycles. The summed E-state index contributed by atoms with van der Waals surface area (Å²) in [7, 11) is 0. The number of thioether (sulfide) groups is 1. The van der Waals surface area contributed by atoms with Crippen LogP contribution in [0.4, 0.5) is 14.5 Å². The number of nitrogens with one attached hydrogen (secondary N) is 1. The lowest BCUT2D eigenvalue weighted by molar-refractivity contribution is -0.0493. The van der Waals surface area contributed by atoms with Gasteiger partial charge >= 0.3 is 6.61 Å². The van der Waals surface area contributed by atoms with Crippen LogP contribution in [0.2, 0.25) is 0 Å². The number of benzene rings is 3. The minimum atomic E-state index is -2.95. The van der Waals surface area contributed by atoms with Gasteiger partial charge in [0.2, 0.25) is 0 Å². The zero-order chi connectivity index (χ0) is 19.1. The van der Waals surface area contributed by atoms with E-state index in [2.05, 4.69) is 10.1 Å². The van der Waals surface area contributed by atoms with Gasteiger partial charge < -0.3 is 10.1 Å². The molecular weight excluding hydrogens is 368 g/mol. The molecule has 0 spiro atoms. The van der Waals surface area contributed by atoms with Gasteiger partial charge in [-0.1, -0.05) is 42.5 Å². The molecule has 0 unspecified atom stereocenters. The molecule has 0 bridgehead atoms. The highest BCUT2D eigenvalue weighted by Crippen LogP contribution is 2.26. The van der Waals surface area contributed by atoms with Crippen LogP contribution in [0, 0.1) is 0 Å². The fraction of sp³-hybridized carbons (Fsp3) is 0.0952. The quantitative estimate of drug-likeness (QED) is 0.520. The minimum Gasteiger partial charge on any atom is -0.433 e. The normalized spacial score (nSPS) is 10.6. The Bertz CT molecular complexity index is 886. The summed E-state index contributed by atoms with van der Waals surface area (Å²) >= 11 is 1.71. The minimum absolute atomic E-state index is 0.0725. The molecule has 3 aromatic rings. The van der Waals surface area contributed by atoms with Crippen molar-refractivity contribution in [3.05, 3.63) is 90.0 Å². The van der Waals surface area contributed by atoms with Gasteiger partial charge in [0.05, 0.1) is 5.69 Å². The van der Waals surface area contributed by atoms with Crippen LogP contribution in [-0.2, 0) is 5.75 Å². The van der Waals surface area contributed by atoms with Crippen molar-refractivity contribution in [3.63, 3.8) is 0 Å². The fourth-order valence-electron chi connectivity index (χ4n) is 2.40. The summed E-state index contributed by atoms with van der Waals surface area (Å²) in [6, 6.07) is 23.3. The Balaban J connectivity index is 1.62. The van der Waals surface area contributed by atoms with E-state index in [9.17, 15) is 13.6 Å². The van der Waals surface area contributed by atoms with Crippen molar-refractivity contribution in [2.75, 3.05) is 5.32 Å². The van der Waals surface area contributed by atoms with Crippen LogP contribution < -0.4 is 10.1 Å². The Kier molecular flexibility index (Phi) is 6.44. The standard InChI is InChI=1S/C21H17F2NO2S/c22-21(23)26-19-9-5-4-8-18(19)24-20(25)16-12-10-15(11-13-16)14-27-17-6-2-1-3-7-17/h1-13,21H,14H2,(H,24,25). The first-order valence-corrected chi connectivity index (χ1v) is 9.22. The first-order valence-electron chi connectivity index (χ1n) is 8.24. The van der Waals surface area contributed by atoms with E-state index in [1.165, 1.54) is 17.0 Å². The number of amides is 1. The second kappa shape index (κ2) is 9.19. The van der Waals surface area contributed by atoms with E-state index in [0.29, 0.717) is 5.56 Å². The van der Waals surface area contributed by atoms with Crippen molar-refractivity contribution < 1.29 is 18.3 Å². The lowest BCUT2D eigenvalue weighted by Gasteiger charge is -2.12. The Morgan fingerprint density at radius 3 is 2.30 bits per heavy atom. The van der Waals surface area contributed by atoms with E-state index >= 15 is 0 Å². The molecular formula is C21H17F2NO2S. The van der Waals surface area contributed by atoms with Crippen molar-refractivity contribution >= 4 is 23.4 Å². The van der Waals surface area contributed by atoms with E-state index in [4.69, 9.17) is 0 Å². The molecule has 3 nitrogen and oxygen atoms in total. The first-order chi connectivity index (χ1) is 13.1. The van der Waals surface area contributed by atoms with Gasteiger partial charge in [0.1, 0.15) is 5.75 Å². The molecule has 0 heterocycles. The molecule has 0 aliphatic heterocycles. The lowest BCUT2D eigenvalue weighted by atomic mass is 10.1. The second-order valence-electron chi connectivity index (χ2n) is 5.63. The number of hydrogen-bond donors (Lipinski definition) is 1. The molecule has 1 amide bonds. The van der Waals surface area contributed by atoms with Gasteiger partial charge in [0, 0.05) is 16.2 Å². The van der Waals surface area contributed by atoms with Crippen molar-refractivity contribution in [1.82, 2.24) is 0 Å². The molecule has 0 saturated heterocycles. The average Bonchev–Trinajstić information content (AvgIpc) is 2.69. The maximum atomic E-state index is 12.5. The SMILES string of the molecule is O=C(Nc1ccccc1OC(F)F)c1ccc(CSc2ccccc2)cc1. The molecule has 0 aliphatic carbocycles. The first kappa shape index (κ1) is 18.9. The molecule has 0 radical (unpaired) electrons. The fourth-order valence-corrected chi connectivity index (χ4v) is 3.27. The predicted octanol–water partition coefficient (Wildman–Crippen LogP) is 5.83. The zero-order valence-corrected chi connectivity index (χ0v) is 15.1. The highest BCUT2D eigenvalue weighted by atomic mass is 32.2. The lowest BCUT2D eigenvalue weighted by Crippen LogP contribution is -2.13. The maximum absolute atomic E-state index is 12.5. The van der Waals surface area contributed by atoms with Crippen molar-refractivity contribution in [2.45, 2.75) is 17.3 Å². The molecule has 6 heteroatoms. The topological polar surface area (TPSA) is 38.3 Å². The van der Waals surface area contributed by atoms with Crippen LogP contribution in [0.25, 0.3) is 0 Å². The largest absolute Gasteiger partial charge is 0.433 e. The highest BCUT2D eigenvalue weighted by Gasteiger charge is 2.12. The molecule has 138 valence electrons. The van der Waals surface area contributed by atoms with Crippen molar-refractivity contribution in [1.29, 1.82) is 0 Å². The second-order valence-corrected chi connectivity index (χ2v) is 6.68. The number of anilines is 1. The third kappa shape index (κ3) is 5.56. The summed E-state index contributed by atoms with van der Waals surface area (Å²) in [4.78, 5) is 13.6. The molecule has 27 heavy (non-hydrogen) atoms. The van der Waals surface area contributed by atoms with E-state index < -0.39 is 6.61 Å². The van der Waals surface area contributed by atoms with Crippen molar-refractivity contribution in [2.24, 2.45) is 0 Å². The number of carbonyl (C=O) groups is 1. The average molecular weight is 385 g/mol. The molecule has 1 N–H and O–H groups in total. The third-order valence-corrected chi connectivity index (χ3v) is 4.80. The number of ether oxygens (including phenoxy) is 1. The summed E-state index contributed by atoms with van der Waals surface area (Å²) < 4.78 is 29.4. The number of halogens is 2. The van der Waals surface area contributed by atoms with E-state index in [-0.39, 0.29) is 17.3 Å². The summed E-state index contributed by atoms with van der Waals surface area (Å²) in [6.07, 6.45) is 0. The summed E-state index contributed by atoms with van der Waals surface area (Å²) in [5.74, 6) is 0.330. The predicted molar refractivity (Wildman–Crippen MR) is 103 cm³/mol. The Morgan fingerprint density at radius 2 is 1.59 bits per heavy atom. The summed E-state index contributed by atoms with van der Waals surface area (Å²) in [5.41, 5.74) is 1.73. The van der Waals surface area contributed by atoms with Crippen LogP contribution in [0.3, 0.4) is 0 Å². The third-order valence-electron chi connectivity index (χ3n) is 3.72. The van der Waals surface area contributed by atoms with Crippen molar-refractivity contribution in [3.8, 4) is 5.75 Å². The molecule has 0 aromatic heterocycles. The van der Waals surface area contributed by atoms with Crippen LogP contribution in [-0.4, -0.2) is 12.5 Å². The van der Waals surface area contributed by atoms with Gasteiger partial charge in [-0.25, -0.2) is 0 Å². The Hall–Kier alpha value is -2.86. The number of alkyl halides is 2. The maximum Gasteiger partial charge on any atom is 0.387 e. The van der Waals surface area contributed by atoms with E-state index in [1.807, 2.05) is 42.5 Å². The summed E-state index contributed by atoms with van der Waals surface area (Å²) in [6.45, 7) is -2.95. The number of para-hydroxylation sites is 2. The zero-order valence-electron chi connectivity index (χ0n) is 14.3. The molecule has 0 atom stereocenters. The summed E-state index contributed by atoms with van der Waals surface area (Å²) in [5, 5.41) is 2.61. The van der Waals surface area contributed by atoms with Gasteiger partial charge in [-0.3, -0.25) is 4.79 Å². The molecule has 0 fully saturated rings. The molecule has 0 aliphatic rings. The Morgan fingerprint density at radius 1 is 0.926 bits per heavy atom. The van der Waals surface area contributed by atoms with Gasteiger partial charge in [0.25, 0.3) is 5.91 Å². The van der Waals surface area contributed by atoms with Gasteiger partial charge in [-0.05, 0) is 42.0 Å². The van der Waals surface area contributed by atoms with Gasteiger partial charge in [-0.15, -0.1) is 11.8 Å². The number of hydrogen-bond acceptors (Lipinski definition) is 3. The van der Waals surface area contributed by atoms with Crippen LogP contribution in [0.15, 0.2) is 83.8 Å². The monoisotopic (exact) mass is 385 g/mol. The van der Waals surface area contributed by atoms with Crippen LogP contribution in [0.1, 0.15) is 15.9 Å². The van der Waals surface area contributed by atoms with Crippen LogP contribution >= 0.6 is 11.8 Å². The molecule has 0 saturated carbocycles. The highest BCUT2D eigenvalue weighted by molar-refractivity contribution is 7.98.